The van der Waals surface area contributed by atoms with E-state index in [0.29, 0.717) is 37.7 Å². The van der Waals surface area contributed by atoms with E-state index in [1.807, 2.05) is 6.92 Å². The van der Waals surface area contributed by atoms with Crippen LogP contribution in [0.1, 0.15) is 69.0 Å². The normalized spacial score (nSPS) is 23.2. The van der Waals surface area contributed by atoms with Gasteiger partial charge in [0.05, 0.1) is 17.9 Å². The maximum atomic E-state index is 14.3. The van der Waals surface area contributed by atoms with Gasteiger partial charge in [0.2, 0.25) is 0 Å². The van der Waals surface area contributed by atoms with Gasteiger partial charge in [-0.1, -0.05) is 31.2 Å². The van der Waals surface area contributed by atoms with Gasteiger partial charge in [-0.15, -0.1) is 0 Å². The number of hydrogen-bond acceptors (Lipinski definition) is 3. The first kappa shape index (κ1) is 27.5. The molecule has 1 atom stereocenters. The standard InChI is InChI=1S/C27H31F6NO3/c1-2-22(34-14-12-16(13-15-34)25(35)36)20-4-3-5-21-19(20)10-11-23(24(21)27(31,32)33)37-18-8-6-17(7-9-18)26(28,29)30/h3-5,10-11,16-18,22H,2,6-9,12-15H2,1H3,(H,35,36). The number of aliphatic carboxylic acids is 1. The van der Waals surface area contributed by atoms with E-state index in [1.54, 1.807) is 18.2 Å². The van der Waals surface area contributed by atoms with E-state index in [0.717, 1.165) is 5.56 Å². The molecule has 2 aromatic carbocycles. The van der Waals surface area contributed by atoms with E-state index in [2.05, 4.69) is 4.90 Å². The molecule has 0 amide bonds. The molecule has 4 nitrogen and oxygen atoms in total. The Morgan fingerprint density at radius 1 is 0.973 bits per heavy atom. The van der Waals surface area contributed by atoms with Crippen LogP contribution in [-0.4, -0.2) is 41.3 Å². The number of piperidine rings is 1. The summed E-state index contributed by atoms with van der Waals surface area (Å²) >= 11 is 0. The number of ether oxygens (including phenoxy) is 1. The van der Waals surface area contributed by atoms with Crippen LogP contribution in [0.4, 0.5) is 26.3 Å². The predicted octanol–water partition coefficient (Wildman–Crippen LogP) is 7.61. The monoisotopic (exact) mass is 531 g/mol. The minimum atomic E-state index is -4.72. The lowest BCUT2D eigenvalue weighted by Gasteiger charge is -2.37. The molecular formula is C27H31F6NO3. The molecule has 2 aromatic rings. The van der Waals surface area contributed by atoms with E-state index in [-0.39, 0.29) is 42.9 Å². The molecule has 1 saturated carbocycles. The van der Waals surface area contributed by atoms with Crippen molar-refractivity contribution in [3.05, 3.63) is 41.5 Å². The number of alkyl halides is 6. The lowest BCUT2D eigenvalue weighted by Crippen LogP contribution is -2.38. The Morgan fingerprint density at radius 2 is 1.62 bits per heavy atom. The van der Waals surface area contributed by atoms with Crippen LogP contribution >= 0.6 is 0 Å². The molecule has 0 aromatic heterocycles. The van der Waals surface area contributed by atoms with Crippen LogP contribution in [0.5, 0.6) is 5.75 Å². The Bertz CT molecular complexity index is 1100. The van der Waals surface area contributed by atoms with Crippen LogP contribution in [0.15, 0.2) is 30.3 Å². The quantitative estimate of drug-likeness (QED) is 0.390. The van der Waals surface area contributed by atoms with E-state index >= 15 is 0 Å². The van der Waals surface area contributed by atoms with Crippen LogP contribution in [0.2, 0.25) is 0 Å². The number of rotatable bonds is 6. The molecule has 1 N–H and O–H groups in total. The number of fused-ring (bicyclic) bond motifs is 1. The van der Waals surface area contributed by atoms with Gasteiger partial charge in [-0.05, 0) is 80.4 Å². The van der Waals surface area contributed by atoms with Crippen LogP contribution in [0.25, 0.3) is 10.8 Å². The van der Waals surface area contributed by atoms with Crippen molar-refractivity contribution in [1.29, 1.82) is 0 Å². The fourth-order valence-corrected chi connectivity index (χ4v) is 5.86. The Morgan fingerprint density at radius 3 is 2.16 bits per heavy atom. The molecular weight excluding hydrogens is 500 g/mol. The average molecular weight is 532 g/mol. The number of halogens is 6. The summed E-state index contributed by atoms with van der Waals surface area (Å²) in [5.74, 6) is -3.04. The molecule has 1 heterocycles. The summed E-state index contributed by atoms with van der Waals surface area (Å²) < 4.78 is 87.7. The second kappa shape index (κ2) is 10.7. The molecule has 1 unspecified atom stereocenters. The summed E-state index contributed by atoms with van der Waals surface area (Å²) in [5, 5.41) is 9.72. The third-order valence-electron chi connectivity index (χ3n) is 7.84. The lowest BCUT2D eigenvalue weighted by atomic mass is 9.87. The molecule has 2 aliphatic rings. The Labute approximate surface area is 211 Å². The molecule has 0 spiro atoms. The number of benzene rings is 2. The zero-order chi connectivity index (χ0) is 27.0. The van der Waals surface area contributed by atoms with Crippen molar-refractivity contribution in [1.82, 2.24) is 4.90 Å². The smallest absolute Gasteiger partial charge is 0.420 e. The second-order valence-corrected chi connectivity index (χ2v) is 10.1. The summed E-state index contributed by atoms with van der Waals surface area (Å²) in [5.41, 5.74) is -0.180. The van der Waals surface area contributed by atoms with Crippen molar-refractivity contribution >= 4 is 16.7 Å². The van der Waals surface area contributed by atoms with Crippen molar-refractivity contribution in [2.75, 3.05) is 13.1 Å². The SMILES string of the molecule is CCC(c1cccc2c(C(F)(F)F)c(OC3CCC(C(F)(F)F)CC3)ccc12)N1CCC(C(=O)O)CC1. The highest BCUT2D eigenvalue weighted by atomic mass is 19.4. The third-order valence-corrected chi connectivity index (χ3v) is 7.84. The van der Waals surface area contributed by atoms with Gasteiger partial charge in [-0.3, -0.25) is 9.69 Å². The number of hydrogen-bond donors (Lipinski definition) is 1. The molecule has 4 rings (SSSR count). The second-order valence-electron chi connectivity index (χ2n) is 10.1. The van der Waals surface area contributed by atoms with Gasteiger partial charge in [0, 0.05) is 6.04 Å². The van der Waals surface area contributed by atoms with Gasteiger partial charge < -0.3 is 9.84 Å². The summed E-state index contributed by atoms with van der Waals surface area (Å²) in [7, 11) is 0. The Hall–Kier alpha value is -2.49. The van der Waals surface area contributed by atoms with Gasteiger partial charge in [-0.2, -0.15) is 26.3 Å². The minimum Gasteiger partial charge on any atom is -0.490 e. The topological polar surface area (TPSA) is 49.8 Å². The fraction of sp³-hybridized carbons (Fsp3) is 0.593. The molecule has 37 heavy (non-hydrogen) atoms. The van der Waals surface area contributed by atoms with Crippen molar-refractivity contribution in [2.45, 2.75) is 76.4 Å². The number of likely N-dealkylation sites (tertiary alicyclic amines) is 1. The van der Waals surface area contributed by atoms with Crippen LogP contribution in [-0.2, 0) is 11.0 Å². The molecule has 0 bridgehead atoms. The molecule has 1 saturated heterocycles. The van der Waals surface area contributed by atoms with Crippen LogP contribution in [0, 0.1) is 11.8 Å². The Balaban J connectivity index is 1.63. The van der Waals surface area contributed by atoms with Gasteiger partial charge in [0.15, 0.2) is 0 Å². The summed E-state index contributed by atoms with van der Waals surface area (Å²) in [6, 6.07) is 7.50. The van der Waals surface area contributed by atoms with Crippen LogP contribution < -0.4 is 4.74 Å². The molecule has 10 heteroatoms. The van der Waals surface area contributed by atoms with Crippen molar-refractivity contribution in [3.8, 4) is 5.75 Å². The summed E-state index contributed by atoms with van der Waals surface area (Å²) in [4.78, 5) is 13.5. The van der Waals surface area contributed by atoms with E-state index in [1.165, 1.54) is 12.1 Å². The first-order valence-electron chi connectivity index (χ1n) is 12.7. The highest BCUT2D eigenvalue weighted by molar-refractivity contribution is 5.91. The number of carboxylic acid groups (broad SMARTS) is 1. The van der Waals surface area contributed by atoms with Crippen LogP contribution in [0.3, 0.4) is 0 Å². The first-order valence-corrected chi connectivity index (χ1v) is 12.7. The van der Waals surface area contributed by atoms with Crippen molar-refractivity contribution in [2.24, 2.45) is 11.8 Å². The predicted molar refractivity (Wildman–Crippen MR) is 126 cm³/mol. The average Bonchev–Trinajstić information content (AvgIpc) is 2.83. The minimum absolute atomic E-state index is 0.00894. The maximum absolute atomic E-state index is 14.3. The summed E-state index contributed by atoms with van der Waals surface area (Å²) in [6.07, 6.45) is -8.37. The zero-order valence-electron chi connectivity index (χ0n) is 20.5. The molecule has 1 aliphatic carbocycles. The zero-order valence-corrected chi connectivity index (χ0v) is 20.5. The largest absolute Gasteiger partial charge is 0.490 e. The maximum Gasteiger partial charge on any atom is 0.420 e. The molecule has 2 fully saturated rings. The van der Waals surface area contributed by atoms with E-state index in [9.17, 15) is 36.2 Å². The van der Waals surface area contributed by atoms with Gasteiger partial charge in [0.1, 0.15) is 11.3 Å². The Kier molecular flexibility index (Phi) is 7.97. The van der Waals surface area contributed by atoms with E-state index < -0.39 is 41.8 Å². The first-order chi connectivity index (χ1) is 17.4. The van der Waals surface area contributed by atoms with Crippen molar-refractivity contribution in [3.63, 3.8) is 0 Å². The highest BCUT2D eigenvalue weighted by Gasteiger charge is 2.43. The fourth-order valence-electron chi connectivity index (χ4n) is 5.86. The highest BCUT2D eigenvalue weighted by Crippen LogP contribution is 2.45. The molecule has 1 aliphatic heterocycles. The number of carbonyl (C=O) groups is 1. The molecule has 204 valence electrons. The third kappa shape index (κ3) is 5.99. The van der Waals surface area contributed by atoms with Gasteiger partial charge in [-0.25, -0.2) is 0 Å². The molecule has 0 radical (unpaired) electrons. The number of nitrogens with zero attached hydrogens (tertiary/aromatic N) is 1. The lowest BCUT2D eigenvalue weighted by molar-refractivity contribution is -0.185. The number of carboxylic acids is 1. The summed E-state index contributed by atoms with van der Waals surface area (Å²) in [6.45, 7) is 3.03. The van der Waals surface area contributed by atoms with Crippen molar-refractivity contribution < 1.29 is 41.0 Å². The van der Waals surface area contributed by atoms with E-state index in [4.69, 9.17) is 4.74 Å². The van der Waals surface area contributed by atoms with Gasteiger partial charge >= 0.3 is 18.3 Å². The van der Waals surface area contributed by atoms with Gasteiger partial charge in [0.25, 0.3) is 0 Å².